The van der Waals surface area contributed by atoms with Crippen molar-refractivity contribution in [1.82, 2.24) is 0 Å². The van der Waals surface area contributed by atoms with E-state index in [1.165, 1.54) is 46.2 Å². The van der Waals surface area contributed by atoms with Gasteiger partial charge in [0.1, 0.15) is 0 Å². The average molecular weight is 389 g/mol. The Labute approximate surface area is 180 Å². The molecule has 0 N–H and O–H groups in total. The van der Waals surface area contributed by atoms with Crippen molar-refractivity contribution in [3.8, 4) is 22.3 Å². The highest BCUT2D eigenvalue weighted by Crippen LogP contribution is 2.47. The molecular formula is C30H28. The van der Waals surface area contributed by atoms with E-state index >= 15 is 0 Å². The van der Waals surface area contributed by atoms with E-state index in [1.807, 2.05) is 25.2 Å². The van der Waals surface area contributed by atoms with Gasteiger partial charge in [0.25, 0.3) is 0 Å². The largest absolute Gasteiger partial charge is 0.0985 e. The third kappa shape index (κ3) is 4.28. The van der Waals surface area contributed by atoms with E-state index in [9.17, 15) is 0 Å². The molecule has 148 valence electrons. The van der Waals surface area contributed by atoms with Crippen LogP contribution in [-0.4, -0.2) is 0 Å². The normalized spacial score (nSPS) is 13.8. The molecule has 3 aromatic rings. The molecule has 4 rings (SSSR count). The Morgan fingerprint density at radius 3 is 2.30 bits per heavy atom. The van der Waals surface area contributed by atoms with Crippen LogP contribution in [0.3, 0.4) is 0 Å². The Balaban J connectivity index is 1.76. The molecule has 1 fully saturated rings. The number of benzene rings is 3. The third-order valence-corrected chi connectivity index (χ3v) is 5.69. The summed E-state index contributed by atoms with van der Waals surface area (Å²) in [5.74, 6) is 0.638. The molecule has 0 saturated heterocycles. The van der Waals surface area contributed by atoms with Gasteiger partial charge in [0.2, 0.25) is 0 Å². The smallest absolute Gasteiger partial charge is 0.0143 e. The maximum absolute atomic E-state index is 4.36. The molecule has 0 nitrogen and oxygen atoms in total. The molecule has 0 bridgehead atoms. The average Bonchev–Trinajstić information content (AvgIpc) is 3.64. The van der Waals surface area contributed by atoms with Crippen molar-refractivity contribution in [1.29, 1.82) is 0 Å². The summed E-state index contributed by atoms with van der Waals surface area (Å²) in [6.07, 6.45) is 12.7. The summed E-state index contributed by atoms with van der Waals surface area (Å²) in [7, 11) is 0. The van der Waals surface area contributed by atoms with Gasteiger partial charge in [0.15, 0.2) is 0 Å². The summed E-state index contributed by atoms with van der Waals surface area (Å²) < 4.78 is 0. The minimum atomic E-state index is 0.638. The highest BCUT2D eigenvalue weighted by atomic mass is 14.3. The van der Waals surface area contributed by atoms with Crippen LogP contribution in [-0.2, 0) is 0 Å². The second-order valence-electron chi connectivity index (χ2n) is 7.86. The lowest BCUT2D eigenvalue weighted by Gasteiger charge is -2.16. The zero-order valence-electron chi connectivity index (χ0n) is 17.6. The lowest BCUT2D eigenvalue weighted by molar-refractivity contribution is 1.12. The van der Waals surface area contributed by atoms with Crippen LogP contribution in [0.25, 0.3) is 33.9 Å². The van der Waals surface area contributed by atoms with Crippen LogP contribution in [0.2, 0.25) is 0 Å². The molecule has 3 aromatic carbocycles. The van der Waals surface area contributed by atoms with E-state index in [0.717, 1.165) is 11.1 Å². The van der Waals surface area contributed by atoms with Crippen molar-refractivity contribution >= 4 is 11.6 Å². The van der Waals surface area contributed by atoms with Gasteiger partial charge in [0.05, 0.1) is 0 Å². The Hall–Kier alpha value is -3.38. The summed E-state index contributed by atoms with van der Waals surface area (Å²) in [5, 5.41) is 0. The topological polar surface area (TPSA) is 0 Å². The first-order valence-corrected chi connectivity index (χ1v) is 10.7. The van der Waals surface area contributed by atoms with Crippen molar-refractivity contribution in [2.45, 2.75) is 25.7 Å². The molecule has 0 radical (unpaired) electrons. The van der Waals surface area contributed by atoms with Gasteiger partial charge in [-0.05, 0) is 76.3 Å². The Kier molecular flexibility index (Phi) is 5.95. The van der Waals surface area contributed by atoms with Crippen LogP contribution in [0.1, 0.15) is 42.4 Å². The lowest BCUT2D eigenvalue weighted by atomic mass is 9.88. The fraction of sp³-hybridized carbons (Fsp3) is 0.133. The molecule has 0 aliphatic heterocycles. The maximum atomic E-state index is 4.36. The molecular weight excluding hydrogens is 360 g/mol. The highest BCUT2D eigenvalue weighted by molar-refractivity contribution is 5.83. The lowest BCUT2D eigenvalue weighted by Crippen LogP contribution is -1.95. The third-order valence-electron chi connectivity index (χ3n) is 5.69. The standard InChI is InChI=1S/C30H28/c1-4-6-7-10-22(3)28-13-9-14-29(30(28)25-19-20-25)27-12-8-11-26(21-27)24-17-15-23(5-2)16-18-24/h4-18,21,25H,2-3,19-20H2,1H3/b6-4-,10-7-. The molecule has 1 aliphatic rings. The second-order valence-corrected chi connectivity index (χ2v) is 7.86. The van der Waals surface area contributed by atoms with E-state index in [1.54, 1.807) is 0 Å². The van der Waals surface area contributed by atoms with Crippen LogP contribution in [0, 0.1) is 0 Å². The summed E-state index contributed by atoms with van der Waals surface area (Å²) in [6, 6.07) is 24.1. The molecule has 0 heteroatoms. The molecule has 1 saturated carbocycles. The van der Waals surface area contributed by atoms with Gasteiger partial charge in [-0.15, -0.1) is 0 Å². The molecule has 1 aliphatic carbocycles. The fourth-order valence-corrected chi connectivity index (χ4v) is 3.96. The van der Waals surface area contributed by atoms with Gasteiger partial charge in [-0.3, -0.25) is 0 Å². The monoisotopic (exact) mass is 388 g/mol. The quantitative estimate of drug-likeness (QED) is 0.355. The number of rotatable bonds is 7. The first-order valence-electron chi connectivity index (χ1n) is 10.7. The van der Waals surface area contributed by atoms with E-state index in [2.05, 4.69) is 92.0 Å². The zero-order valence-corrected chi connectivity index (χ0v) is 17.6. The maximum Gasteiger partial charge on any atom is -0.0143 e. The first-order chi connectivity index (χ1) is 14.7. The molecule has 0 unspecified atom stereocenters. The molecule has 0 spiro atoms. The fourth-order valence-electron chi connectivity index (χ4n) is 3.96. The van der Waals surface area contributed by atoms with Crippen LogP contribution < -0.4 is 0 Å². The van der Waals surface area contributed by atoms with Gasteiger partial charge in [0, 0.05) is 0 Å². The van der Waals surface area contributed by atoms with Crippen LogP contribution in [0.4, 0.5) is 0 Å². The minimum Gasteiger partial charge on any atom is -0.0985 e. The highest BCUT2D eigenvalue weighted by Gasteiger charge is 2.29. The minimum absolute atomic E-state index is 0.638. The summed E-state index contributed by atoms with van der Waals surface area (Å²) in [6.45, 7) is 10.2. The molecule has 0 atom stereocenters. The second kappa shape index (κ2) is 8.97. The van der Waals surface area contributed by atoms with E-state index in [4.69, 9.17) is 0 Å². The Morgan fingerprint density at radius 2 is 1.60 bits per heavy atom. The number of allylic oxidation sites excluding steroid dienone is 5. The summed E-state index contributed by atoms with van der Waals surface area (Å²) >= 11 is 0. The summed E-state index contributed by atoms with van der Waals surface area (Å²) in [4.78, 5) is 0. The van der Waals surface area contributed by atoms with Gasteiger partial charge < -0.3 is 0 Å². The van der Waals surface area contributed by atoms with E-state index in [0.29, 0.717) is 5.92 Å². The van der Waals surface area contributed by atoms with E-state index in [-0.39, 0.29) is 0 Å². The van der Waals surface area contributed by atoms with Crippen molar-refractivity contribution in [3.63, 3.8) is 0 Å². The molecule has 30 heavy (non-hydrogen) atoms. The van der Waals surface area contributed by atoms with Gasteiger partial charge in [-0.1, -0.05) is 104 Å². The SMILES string of the molecule is C=Cc1ccc(-c2cccc(-c3cccc(C(=C)/C=C\C=C/C)c3C3CC3)c2)cc1. The van der Waals surface area contributed by atoms with Crippen molar-refractivity contribution in [2.75, 3.05) is 0 Å². The van der Waals surface area contributed by atoms with Crippen molar-refractivity contribution < 1.29 is 0 Å². The van der Waals surface area contributed by atoms with Crippen LogP contribution in [0.15, 0.2) is 104 Å². The molecule has 0 heterocycles. The van der Waals surface area contributed by atoms with Crippen LogP contribution >= 0.6 is 0 Å². The van der Waals surface area contributed by atoms with Crippen molar-refractivity contribution in [2.24, 2.45) is 0 Å². The van der Waals surface area contributed by atoms with Gasteiger partial charge >= 0.3 is 0 Å². The van der Waals surface area contributed by atoms with Gasteiger partial charge in [-0.2, -0.15) is 0 Å². The predicted molar refractivity (Wildman–Crippen MR) is 132 cm³/mol. The van der Waals surface area contributed by atoms with Crippen molar-refractivity contribution in [3.05, 3.63) is 121 Å². The molecule has 0 aromatic heterocycles. The van der Waals surface area contributed by atoms with Gasteiger partial charge in [-0.25, -0.2) is 0 Å². The predicted octanol–water partition coefficient (Wildman–Crippen LogP) is 8.69. The molecule has 0 amide bonds. The first kappa shape index (κ1) is 19.9. The Morgan fingerprint density at radius 1 is 0.867 bits per heavy atom. The zero-order chi connectivity index (χ0) is 20.9. The number of hydrogen-bond acceptors (Lipinski definition) is 0. The number of hydrogen-bond donors (Lipinski definition) is 0. The Bertz CT molecular complexity index is 1120. The van der Waals surface area contributed by atoms with E-state index < -0.39 is 0 Å². The van der Waals surface area contributed by atoms with Crippen LogP contribution in [0.5, 0.6) is 0 Å². The summed E-state index contributed by atoms with van der Waals surface area (Å²) in [5.41, 5.74) is 10.0.